The number of esters is 1. The molecule has 2 aromatic rings. The number of aryl methyl sites for hydroxylation is 1. The molecule has 0 saturated carbocycles. The molecule has 1 atom stereocenters. The first-order valence-corrected chi connectivity index (χ1v) is 6.53. The summed E-state index contributed by atoms with van der Waals surface area (Å²) in [5.41, 5.74) is 2.09. The lowest BCUT2D eigenvalue weighted by Gasteiger charge is -2.18. The number of ether oxygens (including phenoxy) is 1. The van der Waals surface area contributed by atoms with Crippen molar-refractivity contribution in [2.24, 2.45) is 7.05 Å². The fourth-order valence-corrected chi connectivity index (χ4v) is 2.21. The van der Waals surface area contributed by atoms with Crippen LogP contribution in [-0.2, 0) is 11.8 Å². The molecule has 0 amide bonds. The minimum Gasteiger partial charge on any atom is -0.465 e. The highest BCUT2D eigenvalue weighted by Gasteiger charge is 2.16. The summed E-state index contributed by atoms with van der Waals surface area (Å²) in [6.07, 6.45) is 1.73. The monoisotopic (exact) mass is 293 g/mol. The van der Waals surface area contributed by atoms with Gasteiger partial charge in [0.15, 0.2) is 0 Å². The van der Waals surface area contributed by atoms with Gasteiger partial charge in [0.25, 0.3) is 0 Å². The van der Waals surface area contributed by atoms with E-state index in [4.69, 9.17) is 16.3 Å². The average Bonchev–Trinajstić information content (AvgIpc) is 2.84. The second kappa shape index (κ2) is 5.96. The van der Waals surface area contributed by atoms with Gasteiger partial charge in [-0.15, -0.1) is 0 Å². The van der Waals surface area contributed by atoms with E-state index in [1.807, 2.05) is 20.0 Å². The standard InChI is InChI=1S/C14H16ClN3O2/c1-9(13-6-7-16-18(13)2)17-12-8-10(15)4-5-11(12)14(19)20-3/h4-9,17H,1-3H3. The maximum Gasteiger partial charge on any atom is 0.339 e. The molecular formula is C14H16ClN3O2. The van der Waals surface area contributed by atoms with Gasteiger partial charge < -0.3 is 10.1 Å². The zero-order valence-corrected chi connectivity index (χ0v) is 12.3. The second-order valence-electron chi connectivity index (χ2n) is 4.43. The van der Waals surface area contributed by atoms with Crippen LogP contribution < -0.4 is 5.32 Å². The van der Waals surface area contributed by atoms with Crippen LogP contribution >= 0.6 is 11.6 Å². The van der Waals surface area contributed by atoms with Gasteiger partial charge in [0.2, 0.25) is 0 Å². The van der Waals surface area contributed by atoms with Crippen LogP contribution in [0.3, 0.4) is 0 Å². The van der Waals surface area contributed by atoms with Gasteiger partial charge in [0.05, 0.1) is 30.1 Å². The first-order valence-electron chi connectivity index (χ1n) is 6.15. The van der Waals surface area contributed by atoms with E-state index < -0.39 is 5.97 Å². The normalized spacial score (nSPS) is 12.0. The summed E-state index contributed by atoms with van der Waals surface area (Å²) >= 11 is 5.99. The number of nitrogens with one attached hydrogen (secondary N) is 1. The number of anilines is 1. The van der Waals surface area contributed by atoms with Crippen LogP contribution in [-0.4, -0.2) is 22.9 Å². The minimum atomic E-state index is -0.402. The lowest BCUT2D eigenvalue weighted by Crippen LogP contribution is -2.14. The van der Waals surface area contributed by atoms with Crippen molar-refractivity contribution in [2.45, 2.75) is 13.0 Å². The van der Waals surface area contributed by atoms with Gasteiger partial charge in [-0.05, 0) is 31.2 Å². The number of carbonyl (C=O) groups excluding carboxylic acids is 1. The van der Waals surface area contributed by atoms with Crippen molar-refractivity contribution in [2.75, 3.05) is 12.4 Å². The van der Waals surface area contributed by atoms with Crippen molar-refractivity contribution < 1.29 is 9.53 Å². The van der Waals surface area contributed by atoms with Gasteiger partial charge >= 0.3 is 5.97 Å². The largest absolute Gasteiger partial charge is 0.465 e. The third-order valence-electron chi connectivity index (χ3n) is 3.06. The summed E-state index contributed by atoms with van der Waals surface area (Å²) in [4.78, 5) is 11.8. The molecule has 20 heavy (non-hydrogen) atoms. The molecule has 106 valence electrons. The summed E-state index contributed by atoms with van der Waals surface area (Å²) < 4.78 is 6.55. The Labute approximate surface area is 122 Å². The van der Waals surface area contributed by atoms with Gasteiger partial charge in [0.1, 0.15) is 0 Å². The van der Waals surface area contributed by atoms with Gasteiger partial charge in [-0.25, -0.2) is 4.79 Å². The SMILES string of the molecule is COC(=O)c1ccc(Cl)cc1NC(C)c1ccnn1C. The van der Waals surface area contributed by atoms with Crippen molar-refractivity contribution in [3.05, 3.63) is 46.7 Å². The highest BCUT2D eigenvalue weighted by atomic mass is 35.5. The molecule has 2 rings (SSSR count). The van der Waals surface area contributed by atoms with Crippen molar-refractivity contribution >= 4 is 23.3 Å². The smallest absolute Gasteiger partial charge is 0.339 e. The van der Waals surface area contributed by atoms with E-state index in [2.05, 4.69) is 10.4 Å². The average molecular weight is 294 g/mol. The first kappa shape index (κ1) is 14.4. The number of carbonyl (C=O) groups is 1. The maximum absolute atomic E-state index is 11.8. The Balaban J connectivity index is 2.30. The Hall–Kier alpha value is -2.01. The molecule has 0 fully saturated rings. The molecule has 0 aliphatic heterocycles. The minimum absolute atomic E-state index is 0.0237. The van der Waals surface area contributed by atoms with Gasteiger partial charge in [-0.1, -0.05) is 11.6 Å². The van der Waals surface area contributed by atoms with Crippen LogP contribution in [0.4, 0.5) is 5.69 Å². The summed E-state index contributed by atoms with van der Waals surface area (Å²) in [6, 6.07) is 6.91. The molecule has 0 saturated heterocycles. The fourth-order valence-electron chi connectivity index (χ4n) is 2.04. The number of hydrogen-bond donors (Lipinski definition) is 1. The Morgan fingerprint density at radius 3 is 2.80 bits per heavy atom. The van der Waals surface area contributed by atoms with E-state index in [1.165, 1.54) is 7.11 Å². The molecule has 0 radical (unpaired) electrons. The highest BCUT2D eigenvalue weighted by molar-refractivity contribution is 6.31. The number of methoxy groups -OCH3 is 1. The molecule has 1 aromatic heterocycles. The summed E-state index contributed by atoms with van der Waals surface area (Å²) in [5.74, 6) is -0.402. The van der Waals surface area contributed by atoms with Gasteiger partial charge in [-0.2, -0.15) is 5.10 Å². The maximum atomic E-state index is 11.8. The lowest BCUT2D eigenvalue weighted by atomic mass is 10.1. The first-order chi connectivity index (χ1) is 9.52. The summed E-state index contributed by atoms with van der Waals surface area (Å²) in [5, 5.41) is 7.95. The Bertz CT molecular complexity index is 625. The quantitative estimate of drug-likeness (QED) is 0.880. The van der Waals surface area contributed by atoms with Gasteiger partial charge in [0, 0.05) is 18.3 Å². The van der Waals surface area contributed by atoms with E-state index in [-0.39, 0.29) is 6.04 Å². The molecule has 1 unspecified atom stereocenters. The molecule has 6 heteroatoms. The van der Waals surface area contributed by atoms with E-state index in [1.54, 1.807) is 29.1 Å². The Morgan fingerprint density at radius 2 is 2.20 bits per heavy atom. The predicted molar refractivity (Wildman–Crippen MR) is 78.0 cm³/mol. The molecule has 5 nitrogen and oxygen atoms in total. The number of hydrogen-bond acceptors (Lipinski definition) is 4. The molecule has 0 aliphatic rings. The van der Waals surface area contributed by atoms with Crippen LogP contribution in [0, 0.1) is 0 Å². The number of aromatic nitrogens is 2. The molecule has 1 N–H and O–H groups in total. The third kappa shape index (κ3) is 2.93. The number of halogens is 1. The van der Waals surface area contributed by atoms with Gasteiger partial charge in [-0.3, -0.25) is 4.68 Å². The second-order valence-corrected chi connectivity index (χ2v) is 4.86. The highest BCUT2D eigenvalue weighted by Crippen LogP contribution is 2.26. The third-order valence-corrected chi connectivity index (χ3v) is 3.30. The zero-order chi connectivity index (χ0) is 14.7. The molecular weight excluding hydrogens is 278 g/mol. The predicted octanol–water partition coefficient (Wildman–Crippen LogP) is 3.03. The van der Waals surface area contributed by atoms with E-state index in [0.29, 0.717) is 16.3 Å². The number of rotatable bonds is 4. The molecule has 1 aromatic carbocycles. The zero-order valence-electron chi connectivity index (χ0n) is 11.6. The fraction of sp³-hybridized carbons (Fsp3) is 0.286. The van der Waals surface area contributed by atoms with Crippen LogP contribution in [0.2, 0.25) is 5.02 Å². The molecule has 0 bridgehead atoms. The molecule has 0 aliphatic carbocycles. The van der Waals surface area contributed by atoms with Crippen LogP contribution in [0.5, 0.6) is 0 Å². The number of nitrogens with zero attached hydrogens (tertiary/aromatic N) is 2. The van der Waals surface area contributed by atoms with E-state index in [9.17, 15) is 4.79 Å². The number of benzene rings is 1. The van der Waals surface area contributed by atoms with Crippen molar-refractivity contribution in [1.82, 2.24) is 9.78 Å². The Kier molecular flexibility index (Phi) is 4.29. The topological polar surface area (TPSA) is 56.1 Å². The van der Waals surface area contributed by atoms with Crippen LogP contribution in [0.1, 0.15) is 29.0 Å². The molecule has 0 spiro atoms. The molecule has 1 heterocycles. The van der Waals surface area contributed by atoms with Crippen LogP contribution in [0.15, 0.2) is 30.5 Å². The van der Waals surface area contributed by atoms with E-state index in [0.717, 1.165) is 5.69 Å². The van der Waals surface area contributed by atoms with Crippen LogP contribution in [0.25, 0.3) is 0 Å². The summed E-state index contributed by atoms with van der Waals surface area (Å²) in [6.45, 7) is 1.99. The van der Waals surface area contributed by atoms with E-state index >= 15 is 0 Å². The Morgan fingerprint density at radius 1 is 1.45 bits per heavy atom. The summed E-state index contributed by atoms with van der Waals surface area (Å²) in [7, 11) is 3.22. The van der Waals surface area contributed by atoms with Crippen molar-refractivity contribution in [1.29, 1.82) is 0 Å². The van der Waals surface area contributed by atoms with Crippen molar-refractivity contribution in [3.63, 3.8) is 0 Å². The lowest BCUT2D eigenvalue weighted by molar-refractivity contribution is 0.0602. The van der Waals surface area contributed by atoms with Crippen molar-refractivity contribution in [3.8, 4) is 0 Å².